The van der Waals surface area contributed by atoms with E-state index in [0.29, 0.717) is 12.3 Å². The summed E-state index contributed by atoms with van der Waals surface area (Å²) in [6.45, 7) is 2.55. The van der Waals surface area contributed by atoms with E-state index < -0.39 is 0 Å². The third-order valence-electron chi connectivity index (χ3n) is 3.36. The van der Waals surface area contributed by atoms with Crippen molar-refractivity contribution in [1.82, 2.24) is 4.57 Å². The summed E-state index contributed by atoms with van der Waals surface area (Å²) >= 11 is 7.46. The number of benzene rings is 1. The molecule has 0 saturated heterocycles. The molecule has 0 radical (unpaired) electrons. The van der Waals surface area contributed by atoms with Gasteiger partial charge in [-0.3, -0.25) is 4.79 Å². The third-order valence-corrected chi connectivity index (χ3v) is 4.56. The van der Waals surface area contributed by atoms with Crippen molar-refractivity contribution in [2.75, 3.05) is 11.9 Å². The lowest BCUT2D eigenvalue weighted by molar-refractivity contribution is 0.101. The van der Waals surface area contributed by atoms with E-state index in [9.17, 15) is 4.79 Å². The highest BCUT2D eigenvalue weighted by atomic mass is 35.5. The number of rotatable bonds is 4. The molecular formula is C16H15ClN2O2S. The molecule has 1 N–H and O–H groups in total. The Morgan fingerprint density at radius 2 is 2.05 bits per heavy atom. The van der Waals surface area contributed by atoms with Crippen LogP contribution in [-0.4, -0.2) is 17.1 Å². The normalized spacial score (nSPS) is 10.9. The molecule has 2 aromatic heterocycles. The number of ether oxygens (including phenoxy) is 1. The third kappa shape index (κ3) is 2.82. The maximum absolute atomic E-state index is 12.4. The van der Waals surface area contributed by atoms with Gasteiger partial charge in [0.15, 0.2) is 0 Å². The summed E-state index contributed by atoms with van der Waals surface area (Å²) in [7, 11) is 1.86. The molecule has 3 aromatic rings. The van der Waals surface area contributed by atoms with Gasteiger partial charge in [-0.15, -0.1) is 11.3 Å². The van der Waals surface area contributed by atoms with Crippen LogP contribution in [0.3, 0.4) is 0 Å². The van der Waals surface area contributed by atoms with Crippen molar-refractivity contribution in [2.45, 2.75) is 6.92 Å². The number of hydrogen-bond acceptors (Lipinski definition) is 3. The molecule has 0 spiro atoms. The van der Waals surface area contributed by atoms with Gasteiger partial charge < -0.3 is 14.6 Å². The molecule has 3 rings (SSSR count). The number of aryl methyl sites for hydroxylation is 1. The van der Waals surface area contributed by atoms with Crippen LogP contribution in [0, 0.1) is 0 Å². The van der Waals surface area contributed by atoms with Crippen molar-refractivity contribution in [1.29, 1.82) is 0 Å². The fourth-order valence-electron chi connectivity index (χ4n) is 2.30. The zero-order valence-corrected chi connectivity index (χ0v) is 13.8. The van der Waals surface area contributed by atoms with Crippen LogP contribution in [0.4, 0.5) is 5.69 Å². The predicted octanol–water partition coefficient (Wildman–Crippen LogP) is 4.54. The Morgan fingerprint density at radius 3 is 2.68 bits per heavy atom. The fraction of sp³-hybridized carbons (Fsp3) is 0.188. The molecule has 22 heavy (non-hydrogen) atoms. The first kappa shape index (κ1) is 14.9. The van der Waals surface area contributed by atoms with Gasteiger partial charge in [0.2, 0.25) is 0 Å². The Labute approximate surface area is 137 Å². The first-order valence-electron chi connectivity index (χ1n) is 6.87. The van der Waals surface area contributed by atoms with Crippen molar-refractivity contribution in [2.24, 2.45) is 7.05 Å². The van der Waals surface area contributed by atoms with Crippen molar-refractivity contribution in [3.05, 3.63) is 46.4 Å². The largest absolute Gasteiger partial charge is 0.494 e. The highest BCUT2D eigenvalue weighted by molar-refractivity contribution is 7.22. The number of nitrogens with one attached hydrogen (secondary N) is 1. The second kappa shape index (κ2) is 6.02. The lowest BCUT2D eigenvalue weighted by Gasteiger charge is -2.08. The molecule has 1 aromatic carbocycles. The molecule has 114 valence electrons. The number of halogens is 1. The summed E-state index contributed by atoms with van der Waals surface area (Å²) in [6, 6.07) is 11.0. The molecule has 0 aliphatic heterocycles. The first-order chi connectivity index (χ1) is 10.6. The fourth-order valence-corrected chi connectivity index (χ4v) is 3.50. The van der Waals surface area contributed by atoms with E-state index in [4.69, 9.17) is 16.3 Å². The lowest BCUT2D eigenvalue weighted by atomic mass is 10.3. The van der Waals surface area contributed by atoms with Crippen molar-refractivity contribution >= 4 is 44.7 Å². The molecule has 0 bridgehead atoms. The van der Waals surface area contributed by atoms with E-state index in [1.807, 2.05) is 54.9 Å². The van der Waals surface area contributed by atoms with E-state index in [2.05, 4.69) is 5.32 Å². The number of anilines is 1. The number of carbonyl (C=O) groups excluding carboxylic acids is 1. The molecule has 0 aliphatic rings. The number of thiophene rings is 1. The summed E-state index contributed by atoms with van der Waals surface area (Å²) in [4.78, 5) is 12.4. The van der Waals surface area contributed by atoms with Gasteiger partial charge in [-0.2, -0.15) is 0 Å². The van der Waals surface area contributed by atoms with E-state index in [1.165, 1.54) is 11.3 Å². The minimum atomic E-state index is -0.147. The molecule has 6 heteroatoms. The van der Waals surface area contributed by atoms with Gasteiger partial charge in [-0.1, -0.05) is 11.6 Å². The van der Waals surface area contributed by atoms with E-state index >= 15 is 0 Å². The van der Waals surface area contributed by atoms with Gasteiger partial charge in [-0.05, 0) is 43.3 Å². The molecular weight excluding hydrogens is 320 g/mol. The molecule has 1 amide bonds. The van der Waals surface area contributed by atoms with Crippen LogP contribution in [-0.2, 0) is 7.05 Å². The average Bonchev–Trinajstić information content (AvgIpc) is 2.99. The van der Waals surface area contributed by atoms with Gasteiger partial charge in [-0.25, -0.2) is 0 Å². The Morgan fingerprint density at radius 1 is 1.32 bits per heavy atom. The minimum absolute atomic E-state index is 0.147. The van der Waals surface area contributed by atoms with Crippen LogP contribution in [0.5, 0.6) is 5.75 Å². The maximum Gasteiger partial charge on any atom is 0.272 e. The Kier molecular flexibility index (Phi) is 4.09. The van der Waals surface area contributed by atoms with Crippen LogP contribution in [0.15, 0.2) is 36.4 Å². The van der Waals surface area contributed by atoms with Crippen LogP contribution < -0.4 is 10.1 Å². The number of nitrogens with zero attached hydrogens (tertiary/aromatic N) is 1. The summed E-state index contributed by atoms with van der Waals surface area (Å²) in [6.07, 6.45) is 0. The second-order valence-electron chi connectivity index (χ2n) is 4.80. The van der Waals surface area contributed by atoms with E-state index in [-0.39, 0.29) is 5.91 Å². The van der Waals surface area contributed by atoms with Crippen LogP contribution in [0.25, 0.3) is 10.2 Å². The van der Waals surface area contributed by atoms with E-state index in [0.717, 1.165) is 26.0 Å². The number of amides is 1. The van der Waals surface area contributed by atoms with Crippen molar-refractivity contribution in [3.63, 3.8) is 0 Å². The molecule has 0 unspecified atom stereocenters. The Hall–Kier alpha value is -1.98. The monoisotopic (exact) mass is 334 g/mol. The van der Waals surface area contributed by atoms with Crippen LogP contribution in [0.2, 0.25) is 4.34 Å². The van der Waals surface area contributed by atoms with Gasteiger partial charge >= 0.3 is 0 Å². The molecule has 2 heterocycles. The standard InChI is InChI=1S/C16H15ClN2O2S/c1-3-21-11-6-4-10(5-7-11)18-16(20)13-8-14-12(19(13)2)9-15(17)22-14/h4-9H,3H2,1-2H3,(H,18,20). The summed E-state index contributed by atoms with van der Waals surface area (Å²) in [5.41, 5.74) is 2.30. The highest BCUT2D eigenvalue weighted by Gasteiger charge is 2.15. The predicted molar refractivity (Wildman–Crippen MR) is 91.4 cm³/mol. The molecule has 0 fully saturated rings. The molecule has 0 aliphatic carbocycles. The lowest BCUT2D eigenvalue weighted by Crippen LogP contribution is -2.15. The summed E-state index contributed by atoms with van der Waals surface area (Å²) in [5.74, 6) is 0.640. The van der Waals surface area contributed by atoms with Crippen LogP contribution >= 0.6 is 22.9 Å². The van der Waals surface area contributed by atoms with Crippen LogP contribution in [0.1, 0.15) is 17.4 Å². The second-order valence-corrected chi connectivity index (χ2v) is 6.52. The number of aromatic nitrogens is 1. The van der Waals surface area contributed by atoms with Gasteiger partial charge in [0.25, 0.3) is 5.91 Å². The van der Waals surface area contributed by atoms with Crippen molar-refractivity contribution in [3.8, 4) is 5.75 Å². The van der Waals surface area contributed by atoms with Gasteiger partial charge in [0.1, 0.15) is 11.4 Å². The average molecular weight is 335 g/mol. The van der Waals surface area contributed by atoms with Crippen molar-refractivity contribution < 1.29 is 9.53 Å². The highest BCUT2D eigenvalue weighted by Crippen LogP contribution is 2.31. The summed E-state index contributed by atoms with van der Waals surface area (Å²) < 4.78 is 8.96. The number of fused-ring (bicyclic) bond motifs is 1. The molecule has 4 nitrogen and oxygen atoms in total. The summed E-state index contributed by atoms with van der Waals surface area (Å²) in [5, 5.41) is 2.89. The quantitative estimate of drug-likeness (QED) is 0.761. The Bertz CT molecular complexity index is 821. The zero-order chi connectivity index (χ0) is 15.7. The first-order valence-corrected chi connectivity index (χ1v) is 8.07. The van der Waals surface area contributed by atoms with Gasteiger partial charge in [0.05, 0.1) is 21.2 Å². The maximum atomic E-state index is 12.4. The van der Waals surface area contributed by atoms with Gasteiger partial charge in [0, 0.05) is 12.7 Å². The van der Waals surface area contributed by atoms with E-state index in [1.54, 1.807) is 0 Å². The number of hydrogen-bond donors (Lipinski definition) is 1. The number of carbonyl (C=O) groups is 1. The molecule has 0 atom stereocenters. The zero-order valence-electron chi connectivity index (χ0n) is 12.2. The Balaban J connectivity index is 1.80. The minimum Gasteiger partial charge on any atom is -0.494 e. The molecule has 0 saturated carbocycles. The smallest absolute Gasteiger partial charge is 0.272 e. The SMILES string of the molecule is CCOc1ccc(NC(=O)c2cc3sc(Cl)cc3n2C)cc1. The topological polar surface area (TPSA) is 43.3 Å².